The van der Waals surface area contributed by atoms with Gasteiger partial charge in [-0.05, 0) is 19.8 Å². The molecule has 1 saturated carbocycles. The third-order valence-corrected chi connectivity index (χ3v) is 3.30. The largest absolute Gasteiger partial charge is 0.344 e. The Morgan fingerprint density at radius 1 is 1.79 bits per heavy atom. The lowest BCUT2D eigenvalue weighted by atomic mass is 10.4. The van der Waals surface area contributed by atoms with Crippen molar-refractivity contribution in [2.45, 2.75) is 37.0 Å². The molecule has 0 bridgehead atoms. The van der Waals surface area contributed by atoms with Crippen LogP contribution < -0.4 is 11.4 Å². The summed E-state index contributed by atoms with van der Waals surface area (Å²) in [7, 11) is 0. The molecule has 1 aromatic heterocycles. The zero-order valence-electron chi connectivity index (χ0n) is 8.06. The molecule has 5 nitrogen and oxygen atoms in total. The molecule has 0 saturated heterocycles. The number of H-pyrrole nitrogens is 1. The second-order valence-corrected chi connectivity index (χ2v) is 4.69. The highest BCUT2D eigenvalue weighted by atomic mass is 32.2. The van der Waals surface area contributed by atoms with Crippen molar-refractivity contribution in [1.29, 1.82) is 0 Å². The van der Waals surface area contributed by atoms with E-state index in [4.69, 9.17) is 5.73 Å². The molecular weight excluding hydrogens is 200 g/mol. The van der Waals surface area contributed by atoms with Crippen LogP contribution >= 0.6 is 11.8 Å². The van der Waals surface area contributed by atoms with Crippen molar-refractivity contribution in [1.82, 2.24) is 14.8 Å². The van der Waals surface area contributed by atoms with Crippen LogP contribution in [-0.4, -0.2) is 26.6 Å². The first-order chi connectivity index (χ1) is 6.68. The van der Waals surface area contributed by atoms with Crippen molar-refractivity contribution in [3.63, 3.8) is 0 Å². The summed E-state index contributed by atoms with van der Waals surface area (Å²) in [5, 5.41) is 7.23. The molecule has 1 atom stereocenters. The molecule has 1 fully saturated rings. The van der Waals surface area contributed by atoms with Crippen molar-refractivity contribution >= 4 is 11.8 Å². The molecule has 14 heavy (non-hydrogen) atoms. The normalized spacial score (nSPS) is 18.4. The van der Waals surface area contributed by atoms with E-state index in [1.165, 1.54) is 11.8 Å². The van der Waals surface area contributed by atoms with E-state index in [-0.39, 0.29) is 11.7 Å². The molecular formula is C8H14N4OS. The molecule has 0 spiro atoms. The number of aromatic amines is 1. The van der Waals surface area contributed by atoms with Crippen molar-refractivity contribution in [2.75, 3.05) is 5.75 Å². The maximum atomic E-state index is 11.4. The summed E-state index contributed by atoms with van der Waals surface area (Å²) in [6, 6.07) is 0.497. The predicted octanol–water partition coefficient (Wildman–Crippen LogP) is 0.346. The van der Waals surface area contributed by atoms with Crippen LogP contribution in [0.3, 0.4) is 0 Å². The summed E-state index contributed by atoms with van der Waals surface area (Å²) in [6.07, 6.45) is 2.18. The summed E-state index contributed by atoms with van der Waals surface area (Å²) in [4.78, 5) is 11.4. The average molecular weight is 214 g/mol. The molecule has 1 aromatic rings. The second-order valence-electron chi connectivity index (χ2n) is 3.70. The smallest absolute Gasteiger partial charge is 0.327 e. The first-order valence-corrected chi connectivity index (χ1v) is 5.72. The Morgan fingerprint density at radius 2 is 2.50 bits per heavy atom. The number of nitrogens with zero attached hydrogens (tertiary/aromatic N) is 2. The van der Waals surface area contributed by atoms with Crippen LogP contribution in [-0.2, 0) is 0 Å². The van der Waals surface area contributed by atoms with Gasteiger partial charge >= 0.3 is 5.69 Å². The predicted molar refractivity (Wildman–Crippen MR) is 55.5 cm³/mol. The Bertz CT molecular complexity index is 366. The van der Waals surface area contributed by atoms with E-state index in [0.717, 1.165) is 23.8 Å². The van der Waals surface area contributed by atoms with E-state index in [9.17, 15) is 4.79 Å². The third-order valence-electron chi connectivity index (χ3n) is 2.06. The number of nitrogens with one attached hydrogen (secondary N) is 1. The standard InChI is InChI=1S/C8H14N4OS/c1-5(9)4-14-8-11-10-7(13)12(8)6-2-3-6/h5-6H,2-4,9H2,1H3,(H,10,13)/t5-/m0/s1. The zero-order valence-corrected chi connectivity index (χ0v) is 8.88. The van der Waals surface area contributed by atoms with Gasteiger partial charge in [-0.1, -0.05) is 11.8 Å². The van der Waals surface area contributed by atoms with Gasteiger partial charge in [0.15, 0.2) is 5.16 Å². The van der Waals surface area contributed by atoms with Crippen LogP contribution in [0.2, 0.25) is 0 Å². The monoisotopic (exact) mass is 214 g/mol. The van der Waals surface area contributed by atoms with Gasteiger partial charge in [0.1, 0.15) is 0 Å². The lowest BCUT2D eigenvalue weighted by Gasteiger charge is -2.04. The molecule has 1 aliphatic carbocycles. The van der Waals surface area contributed by atoms with Crippen molar-refractivity contribution < 1.29 is 0 Å². The minimum Gasteiger partial charge on any atom is -0.327 e. The maximum Gasteiger partial charge on any atom is 0.344 e. The van der Waals surface area contributed by atoms with Gasteiger partial charge in [-0.25, -0.2) is 9.89 Å². The molecule has 0 unspecified atom stereocenters. The summed E-state index contributed by atoms with van der Waals surface area (Å²) in [5.74, 6) is 0.789. The topological polar surface area (TPSA) is 76.7 Å². The molecule has 0 radical (unpaired) electrons. The van der Waals surface area contributed by atoms with Crippen LogP contribution in [0.1, 0.15) is 25.8 Å². The fourth-order valence-corrected chi connectivity index (χ4v) is 2.15. The van der Waals surface area contributed by atoms with Gasteiger partial charge in [0, 0.05) is 17.8 Å². The fraction of sp³-hybridized carbons (Fsp3) is 0.750. The quantitative estimate of drug-likeness (QED) is 0.709. The zero-order chi connectivity index (χ0) is 10.1. The van der Waals surface area contributed by atoms with E-state index >= 15 is 0 Å². The minimum absolute atomic E-state index is 0.0975. The van der Waals surface area contributed by atoms with Gasteiger partial charge in [0.05, 0.1) is 0 Å². The van der Waals surface area contributed by atoms with Gasteiger partial charge < -0.3 is 5.73 Å². The van der Waals surface area contributed by atoms with Gasteiger partial charge in [-0.3, -0.25) is 4.57 Å². The summed E-state index contributed by atoms with van der Waals surface area (Å²) in [6.45, 7) is 1.94. The molecule has 1 aliphatic rings. The Morgan fingerprint density at radius 3 is 3.07 bits per heavy atom. The molecule has 6 heteroatoms. The first-order valence-electron chi connectivity index (χ1n) is 4.73. The van der Waals surface area contributed by atoms with Crippen molar-refractivity contribution in [2.24, 2.45) is 5.73 Å². The average Bonchev–Trinajstić information content (AvgIpc) is 2.88. The van der Waals surface area contributed by atoms with Crippen LogP contribution in [0.25, 0.3) is 0 Å². The molecule has 1 heterocycles. The van der Waals surface area contributed by atoms with Crippen LogP contribution in [0.5, 0.6) is 0 Å². The number of nitrogens with two attached hydrogens (primary N) is 1. The minimum atomic E-state index is -0.0975. The lowest BCUT2D eigenvalue weighted by molar-refractivity contribution is 0.641. The molecule has 0 aliphatic heterocycles. The van der Waals surface area contributed by atoms with E-state index in [0.29, 0.717) is 6.04 Å². The molecule has 0 amide bonds. The second kappa shape index (κ2) is 3.78. The maximum absolute atomic E-state index is 11.4. The summed E-state index contributed by atoms with van der Waals surface area (Å²) < 4.78 is 1.74. The Balaban J connectivity index is 2.12. The SMILES string of the molecule is C[C@H](N)CSc1n[nH]c(=O)n1C1CC1. The fourth-order valence-electron chi connectivity index (χ4n) is 1.25. The van der Waals surface area contributed by atoms with Crippen LogP contribution in [0.4, 0.5) is 0 Å². The number of hydrogen-bond donors (Lipinski definition) is 2. The van der Waals surface area contributed by atoms with Crippen molar-refractivity contribution in [3.8, 4) is 0 Å². The molecule has 0 aromatic carbocycles. The lowest BCUT2D eigenvalue weighted by Crippen LogP contribution is -2.19. The highest BCUT2D eigenvalue weighted by Gasteiger charge is 2.28. The van der Waals surface area contributed by atoms with Gasteiger partial charge in [-0.15, -0.1) is 5.10 Å². The van der Waals surface area contributed by atoms with E-state index in [1.807, 2.05) is 6.92 Å². The summed E-state index contributed by atoms with van der Waals surface area (Å²) in [5.41, 5.74) is 5.55. The molecule has 3 N–H and O–H groups in total. The third kappa shape index (κ3) is 2.01. The molecule has 78 valence electrons. The van der Waals surface area contributed by atoms with E-state index in [1.54, 1.807) is 4.57 Å². The number of thioether (sulfide) groups is 1. The first kappa shape index (κ1) is 9.79. The Kier molecular flexibility index (Phi) is 2.64. The van der Waals surface area contributed by atoms with Gasteiger partial charge in [0.2, 0.25) is 0 Å². The highest BCUT2D eigenvalue weighted by molar-refractivity contribution is 7.99. The van der Waals surface area contributed by atoms with E-state index < -0.39 is 0 Å². The Labute approximate surface area is 86.1 Å². The van der Waals surface area contributed by atoms with Gasteiger partial charge in [0.25, 0.3) is 0 Å². The van der Waals surface area contributed by atoms with Crippen LogP contribution in [0.15, 0.2) is 9.95 Å². The van der Waals surface area contributed by atoms with Crippen molar-refractivity contribution in [3.05, 3.63) is 10.5 Å². The highest BCUT2D eigenvalue weighted by Crippen LogP contribution is 2.35. The van der Waals surface area contributed by atoms with Crippen LogP contribution in [0, 0.1) is 0 Å². The molecule has 2 rings (SSSR count). The number of rotatable bonds is 4. The van der Waals surface area contributed by atoms with E-state index in [2.05, 4.69) is 10.2 Å². The Hall–Kier alpha value is -0.750. The summed E-state index contributed by atoms with van der Waals surface area (Å²) >= 11 is 1.54. The number of aromatic nitrogens is 3. The van der Waals surface area contributed by atoms with Gasteiger partial charge in [-0.2, -0.15) is 0 Å². The number of hydrogen-bond acceptors (Lipinski definition) is 4.